The zero-order valence-corrected chi connectivity index (χ0v) is 18.3. The van der Waals surface area contributed by atoms with Crippen molar-refractivity contribution in [3.63, 3.8) is 0 Å². The highest BCUT2D eigenvalue weighted by molar-refractivity contribution is 6.06. The Labute approximate surface area is 189 Å². The summed E-state index contributed by atoms with van der Waals surface area (Å²) in [6, 6.07) is 2.57. The lowest BCUT2D eigenvalue weighted by Crippen LogP contribution is -2.28. The number of hydrazone groups is 1. The first-order chi connectivity index (χ1) is 15.8. The molecule has 3 aliphatic rings. The summed E-state index contributed by atoms with van der Waals surface area (Å²) in [4.78, 5) is 48.4. The summed E-state index contributed by atoms with van der Waals surface area (Å²) in [6.07, 6.45) is 4.85. The SMILES string of the molecule is CCOC(=O)[C@H](C)Oc1c(OC)cc(C=NN2C(=O)[C@@H]3[C@H](C2=O)[C@H]2C=C[C@H]3C2)cc1[N+](=O)[O-]. The second-order valence-corrected chi connectivity index (χ2v) is 8.07. The highest BCUT2D eigenvalue weighted by Crippen LogP contribution is 2.52. The van der Waals surface area contributed by atoms with Crippen molar-refractivity contribution in [3.8, 4) is 11.5 Å². The van der Waals surface area contributed by atoms with Crippen molar-refractivity contribution in [1.29, 1.82) is 0 Å². The van der Waals surface area contributed by atoms with Gasteiger partial charge in [-0.3, -0.25) is 19.7 Å². The first-order valence-electron chi connectivity index (χ1n) is 10.6. The van der Waals surface area contributed by atoms with Crippen LogP contribution in [0.1, 0.15) is 25.8 Å². The van der Waals surface area contributed by atoms with E-state index in [0.29, 0.717) is 0 Å². The van der Waals surface area contributed by atoms with Gasteiger partial charge in [-0.05, 0) is 38.2 Å². The van der Waals surface area contributed by atoms with Crippen LogP contribution in [0.4, 0.5) is 5.69 Å². The van der Waals surface area contributed by atoms with Gasteiger partial charge in [0.05, 0.1) is 36.7 Å². The van der Waals surface area contributed by atoms with E-state index in [2.05, 4.69) is 5.10 Å². The molecule has 0 spiro atoms. The number of esters is 1. The number of nitro groups is 1. The molecule has 1 aromatic rings. The largest absolute Gasteiger partial charge is 0.493 e. The van der Waals surface area contributed by atoms with Crippen molar-refractivity contribution < 1.29 is 33.5 Å². The number of carbonyl (C=O) groups excluding carboxylic acids is 3. The molecule has 0 radical (unpaired) electrons. The quantitative estimate of drug-likeness (QED) is 0.144. The summed E-state index contributed by atoms with van der Waals surface area (Å²) in [5.41, 5.74) is -0.251. The predicted octanol–water partition coefficient (Wildman–Crippen LogP) is 2.07. The molecule has 1 saturated carbocycles. The molecule has 2 bridgehead atoms. The molecule has 174 valence electrons. The highest BCUT2D eigenvalue weighted by atomic mass is 16.6. The van der Waals surface area contributed by atoms with Crippen LogP contribution in [-0.2, 0) is 19.1 Å². The van der Waals surface area contributed by atoms with E-state index in [1.54, 1.807) is 6.92 Å². The number of allylic oxidation sites excluding steroid dienone is 2. The van der Waals surface area contributed by atoms with Gasteiger partial charge >= 0.3 is 11.7 Å². The average Bonchev–Trinajstić information content (AvgIpc) is 3.47. The molecule has 33 heavy (non-hydrogen) atoms. The zero-order chi connectivity index (χ0) is 23.9. The van der Waals surface area contributed by atoms with Crippen LogP contribution in [0, 0.1) is 33.8 Å². The molecule has 2 amide bonds. The number of hydrogen-bond donors (Lipinski definition) is 0. The number of rotatable bonds is 8. The van der Waals surface area contributed by atoms with Crippen LogP contribution in [0.2, 0.25) is 0 Å². The summed E-state index contributed by atoms with van der Waals surface area (Å²) in [5.74, 6) is -2.34. The van der Waals surface area contributed by atoms with Gasteiger partial charge < -0.3 is 14.2 Å². The molecule has 11 nitrogen and oxygen atoms in total. The smallest absolute Gasteiger partial charge is 0.347 e. The molecular formula is C22H23N3O8. The summed E-state index contributed by atoms with van der Waals surface area (Å²) in [7, 11) is 1.29. The van der Waals surface area contributed by atoms with Gasteiger partial charge in [-0.2, -0.15) is 10.1 Å². The van der Waals surface area contributed by atoms with Gasteiger partial charge in [-0.25, -0.2) is 4.79 Å². The van der Waals surface area contributed by atoms with Crippen molar-refractivity contribution in [2.24, 2.45) is 28.8 Å². The van der Waals surface area contributed by atoms with Crippen LogP contribution in [-0.4, -0.2) is 53.8 Å². The van der Waals surface area contributed by atoms with Crippen LogP contribution in [0.25, 0.3) is 0 Å². The number of carbonyl (C=O) groups is 3. The highest BCUT2D eigenvalue weighted by Gasteiger charge is 2.59. The number of fused-ring (bicyclic) bond motifs is 5. The van der Waals surface area contributed by atoms with E-state index in [1.807, 2.05) is 12.2 Å². The molecule has 0 unspecified atom stereocenters. The van der Waals surface area contributed by atoms with Crippen LogP contribution in [0.5, 0.6) is 11.5 Å². The number of hydrogen-bond acceptors (Lipinski definition) is 9. The number of amides is 2. The van der Waals surface area contributed by atoms with Crippen molar-refractivity contribution in [2.75, 3.05) is 13.7 Å². The Kier molecular flexibility index (Phi) is 5.88. The standard InChI is InChI=1S/C22H23N3O8/c1-4-32-22(28)11(2)33-19-15(25(29)30)7-12(8-16(19)31-3)10-23-24-20(26)17-13-5-6-14(9-13)18(17)21(24)27/h5-8,10-11,13-14,17-18H,4,9H2,1-3H3/t11-,13-,14-,17-,18+/m0/s1. The number of nitro benzene ring substituents is 1. The van der Waals surface area contributed by atoms with Crippen molar-refractivity contribution in [2.45, 2.75) is 26.4 Å². The Morgan fingerprint density at radius 3 is 2.45 bits per heavy atom. The maximum absolute atomic E-state index is 12.8. The molecule has 0 aromatic heterocycles. The minimum absolute atomic E-state index is 0.0139. The predicted molar refractivity (Wildman–Crippen MR) is 114 cm³/mol. The molecular weight excluding hydrogens is 434 g/mol. The second kappa shape index (κ2) is 8.64. The van der Waals surface area contributed by atoms with Gasteiger partial charge in [-0.1, -0.05) is 12.2 Å². The van der Waals surface area contributed by atoms with Crippen LogP contribution < -0.4 is 9.47 Å². The second-order valence-electron chi connectivity index (χ2n) is 8.07. The van der Waals surface area contributed by atoms with E-state index in [0.717, 1.165) is 17.5 Å². The van der Waals surface area contributed by atoms with Crippen LogP contribution >= 0.6 is 0 Å². The van der Waals surface area contributed by atoms with E-state index in [9.17, 15) is 24.5 Å². The first-order valence-corrected chi connectivity index (χ1v) is 10.6. The van der Waals surface area contributed by atoms with Gasteiger partial charge in [0.1, 0.15) is 0 Å². The number of benzene rings is 1. The van der Waals surface area contributed by atoms with Crippen molar-refractivity contribution in [3.05, 3.63) is 40.0 Å². The summed E-state index contributed by atoms with van der Waals surface area (Å²) >= 11 is 0. The van der Waals surface area contributed by atoms with Crippen molar-refractivity contribution >= 4 is 29.7 Å². The summed E-state index contributed by atoms with van der Waals surface area (Å²) in [6.45, 7) is 3.17. The van der Waals surface area contributed by atoms with Gasteiger partial charge in [0.2, 0.25) is 5.75 Å². The van der Waals surface area contributed by atoms with E-state index >= 15 is 0 Å². The molecule has 0 N–H and O–H groups in total. The van der Waals surface area contributed by atoms with Gasteiger partial charge in [0.25, 0.3) is 11.8 Å². The number of ether oxygens (including phenoxy) is 3. The summed E-state index contributed by atoms with van der Waals surface area (Å²) < 4.78 is 15.6. The lowest BCUT2D eigenvalue weighted by Gasteiger charge is -2.16. The van der Waals surface area contributed by atoms with Crippen LogP contribution in [0.3, 0.4) is 0 Å². The van der Waals surface area contributed by atoms with Gasteiger partial charge in [-0.15, -0.1) is 0 Å². The Bertz CT molecular complexity index is 1050. The third-order valence-electron chi connectivity index (χ3n) is 6.16. The third kappa shape index (κ3) is 3.83. The molecule has 1 aliphatic heterocycles. The number of nitrogens with zero attached hydrogens (tertiary/aromatic N) is 3. The molecule has 1 saturated heterocycles. The lowest BCUT2D eigenvalue weighted by atomic mass is 9.85. The Balaban J connectivity index is 1.60. The summed E-state index contributed by atoms with van der Waals surface area (Å²) in [5, 5.41) is 16.6. The van der Waals surface area contributed by atoms with E-state index in [1.165, 1.54) is 26.3 Å². The average molecular weight is 457 g/mol. The molecule has 2 fully saturated rings. The Hall–Kier alpha value is -3.76. The normalized spacial score (nSPS) is 26.1. The van der Waals surface area contributed by atoms with Crippen molar-refractivity contribution in [1.82, 2.24) is 5.01 Å². The topological polar surface area (TPSA) is 138 Å². The van der Waals surface area contributed by atoms with Crippen LogP contribution in [0.15, 0.2) is 29.4 Å². The van der Waals surface area contributed by atoms with Gasteiger partial charge in [0.15, 0.2) is 11.9 Å². The minimum atomic E-state index is -1.11. The van der Waals surface area contributed by atoms with E-state index in [4.69, 9.17) is 14.2 Å². The first kappa shape index (κ1) is 22.4. The fraction of sp³-hybridized carbons (Fsp3) is 0.455. The van der Waals surface area contributed by atoms with Gasteiger partial charge in [0, 0.05) is 11.6 Å². The monoisotopic (exact) mass is 457 g/mol. The molecule has 1 heterocycles. The zero-order valence-electron chi connectivity index (χ0n) is 18.3. The maximum Gasteiger partial charge on any atom is 0.347 e. The fourth-order valence-electron chi connectivity index (χ4n) is 4.70. The Morgan fingerprint density at radius 2 is 1.91 bits per heavy atom. The molecule has 2 aliphatic carbocycles. The maximum atomic E-state index is 12.8. The molecule has 4 rings (SSSR count). The Morgan fingerprint density at radius 1 is 1.27 bits per heavy atom. The van der Waals surface area contributed by atoms with E-state index in [-0.39, 0.29) is 47.3 Å². The molecule has 1 aromatic carbocycles. The minimum Gasteiger partial charge on any atom is -0.493 e. The van der Waals surface area contributed by atoms with E-state index < -0.39 is 34.5 Å². The number of imide groups is 1. The fourth-order valence-corrected chi connectivity index (χ4v) is 4.70. The molecule has 5 atom stereocenters. The third-order valence-corrected chi connectivity index (χ3v) is 6.16. The number of methoxy groups -OCH3 is 1. The molecule has 11 heteroatoms. The lowest BCUT2D eigenvalue weighted by molar-refractivity contribution is -0.386.